The Hall–Kier alpha value is -1.92. The molecule has 0 unspecified atom stereocenters. The Morgan fingerprint density at radius 1 is 1.04 bits per heavy atom. The molecule has 0 radical (unpaired) electrons. The van der Waals surface area contributed by atoms with E-state index in [0.29, 0.717) is 35.8 Å². The topological polar surface area (TPSA) is 21.7 Å². The lowest BCUT2D eigenvalue weighted by molar-refractivity contribution is -0.137. The number of rotatable bonds is 8. The molecular formula is C20H23ClF3NO2. The van der Waals surface area contributed by atoms with Crippen molar-refractivity contribution in [3.05, 3.63) is 58.1 Å². The maximum atomic E-state index is 13.2. The first-order chi connectivity index (χ1) is 12.7. The second kappa shape index (κ2) is 9.33. The SMILES string of the molecule is CCOc1cccc(OCCN(C)C)c1Cc1ccc(Cl)c(C(F)(F)F)c1. The van der Waals surface area contributed by atoms with Gasteiger partial charge in [-0.1, -0.05) is 23.7 Å². The van der Waals surface area contributed by atoms with E-state index in [2.05, 4.69) is 0 Å². The summed E-state index contributed by atoms with van der Waals surface area (Å²) < 4.78 is 51.0. The maximum Gasteiger partial charge on any atom is 0.417 e. The number of hydrogen-bond donors (Lipinski definition) is 0. The molecule has 0 aliphatic heterocycles. The molecule has 27 heavy (non-hydrogen) atoms. The Balaban J connectivity index is 2.35. The van der Waals surface area contributed by atoms with Gasteiger partial charge in [0.2, 0.25) is 0 Å². The van der Waals surface area contributed by atoms with Crippen LogP contribution in [-0.4, -0.2) is 38.8 Å². The van der Waals surface area contributed by atoms with Gasteiger partial charge in [0, 0.05) is 18.5 Å². The Morgan fingerprint density at radius 2 is 1.70 bits per heavy atom. The molecule has 0 saturated carbocycles. The van der Waals surface area contributed by atoms with Crippen LogP contribution < -0.4 is 9.47 Å². The lowest BCUT2D eigenvalue weighted by atomic mass is 10.0. The summed E-state index contributed by atoms with van der Waals surface area (Å²) in [5.41, 5.74) is 0.357. The highest BCUT2D eigenvalue weighted by Gasteiger charge is 2.33. The van der Waals surface area contributed by atoms with E-state index in [1.54, 1.807) is 18.2 Å². The van der Waals surface area contributed by atoms with E-state index in [4.69, 9.17) is 21.1 Å². The van der Waals surface area contributed by atoms with Crippen molar-refractivity contribution in [3.8, 4) is 11.5 Å². The summed E-state index contributed by atoms with van der Waals surface area (Å²) in [7, 11) is 3.88. The Bertz CT molecular complexity index is 763. The van der Waals surface area contributed by atoms with Crippen LogP contribution in [0.5, 0.6) is 11.5 Å². The summed E-state index contributed by atoms with van der Waals surface area (Å²) in [6.07, 6.45) is -4.26. The molecule has 0 atom stereocenters. The van der Waals surface area contributed by atoms with Crippen LogP contribution in [-0.2, 0) is 12.6 Å². The van der Waals surface area contributed by atoms with Crippen LogP contribution in [0.15, 0.2) is 36.4 Å². The van der Waals surface area contributed by atoms with Crippen molar-refractivity contribution < 1.29 is 22.6 Å². The van der Waals surface area contributed by atoms with Crippen LogP contribution in [0.1, 0.15) is 23.6 Å². The van der Waals surface area contributed by atoms with Gasteiger partial charge in [-0.3, -0.25) is 0 Å². The lowest BCUT2D eigenvalue weighted by Gasteiger charge is -2.18. The predicted octanol–water partition coefficient (Wildman–Crippen LogP) is 5.29. The lowest BCUT2D eigenvalue weighted by Crippen LogP contribution is -2.19. The van der Waals surface area contributed by atoms with Gasteiger partial charge in [0.05, 0.1) is 17.2 Å². The molecule has 7 heteroatoms. The van der Waals surface area contributed by atoms with Gasteiger partial charge in [0.15, 0.2) is 0 Å². The van der Waals surface area contributed by atoms with Gasteiger partial charge in [-0.15, -0.1) is 0 Å². The van der Waals surface area contributed by atoms with Crippen molar-refractivity contribution in [3.63, 3.8) is 0 Å². The molecule has 3 nitrogen and oxygen atoms in total. The highest BCUT2D eigenvalue weighted by atomic mass is 35.5. The third kappa shape index (κ3) is 6.04. The minimum absolute atomic E-state index is 0.244. The van der Waals surface area contributed by atoms with Crippen LogP contribution >= 0.6 is 11.6 Å². The highest BCUT2D eigenvalue weighted by Crippen LogP contribution is 2.37. The molecule has 2 rings (SSSR count). The minimum atomic E-state index is -4.50. The van der Waals surface area contributed by atoms with E-state index in [1.165, 1.54) is 6.07 Å². The Labute approximate surface area is 162 Å². The van der Waals surface area contributed by atoms with E-state index in [-0.39, 0.29) is 11.4 Å². The van der Waals surface area contributed by atoms with Crippen molar-refractivity contribution in [2.75, 3.05) is 33.9 Å². The number of alkyl halides is 3. The third-order valence-corrected chi connectivity index (χ3v) is 4.23. The summed E-state index contributed by atoms with van der Waals surface area (Å²) in [6, 6.07) is 9.34. The van der Waals surface area contributed by atoms with E-state index >= 15 is 0 Å². The van der Waals surface area contributed by atoms with Crippen LogP contribution in [0.2, 0.25) is 5.02 Å². The maximum absolute atomic E-state index is 13.2. The Morgan fingerprint density at radius 3 is 2.30 bits per heavy atom. The zero-order valence-corrected chi connectivity index (χ0v) is 16.3. The van der Waals surface area contributed by atoms with Gasteiger partial charge in [0.1, 0.15) is 18.1 Å². The number of ether oxygens (including phenoxy) is 2. The summed E-state index contributed by atoms with van der Waals surface area (Å²) in [4.78, 5) is 1.99. The molecule has 0 fully saturated rings. The monoisotopic (exact) mass is 401 g/mol. The predicted molar refractivity (Wildman–Crippen MR) is 101 cm³/mol. The number of likely N-dealkylation sites (N-methyl/N-ethyl adjacent to an activating group) is 1. The molecule has 0 aromatic heterocycles. The summed E-state index contributed by atoms with van der Waals surface area (Å²) in [5.74, 6) is 1.20. The molecule has 2 aromatic carbocycles. The second-order valence-electron chi connectivity index (χ2n) is 6.31. The van der Waals surface area contributed by atoms with Gasteiger partial charge >= 0.3 is 6.18 Å². The number of halogens is 4. The van der Waals surface area contributed by atoms with Crippen LogP contribution in [0.4, 0.5) is 13.2 Å². The zero-order chi connectivity index (χ0) is 20.0. The highest BCUT2D eigenvalue weighted by molar-refractivity contribution is 6.31. The number of nitrogens with zero attached hydrogens (tertiary/aromatic N) is 1. The summed E-state index contributed by atoms with van der Waals surface area (Å²) in [5, 5.41) is -0.313. The fourth-order valence-corrected chi connectivity index (χ4v) is 2.81. The minimum Gasteiger partial charge on any atom is -0.493 e. The zero-order valence-electron chi connectivity index (χ0n) is 15.6. The van der Waals surface area contributed by atoms with Gasteiger partial charge in [-0.05, 0) is 50.8 Å². The number of benzene rings is 2. The van der Waals surface area contributed by atoms with E-state index < -0.39 is 11.7 Å². The fourth-order valence-electron chi connectivity index (χ4n) is 2.59. The van der Waals surface area contributed by atoms with Gasteiger partial charge in [-0.25, -0.2) is 0 Å². The third-order valence-electron chi connectivity index (χ3n) is 3.90. The first kappa shape index (κ1) is 21.4. The molecule has 0 bridgehead atoms. The van der Waals surface area contributed by atoms with Crippen LogP contribution in [0, 0.1) is 0 Å². The van der Waals surface area contributed by atoms with Crippen molar-refractivity contribution in [2.45, 2.75) is 19.5 Å². The largest absolute Gasteiger partial charge is 0.493 e. The van der Waals surface area contributed by atoms with E-state index in [9.17, 15) is 13.2 Å². The molecule has 148 valence electrons. The van der Waals surface area contributed by atoms with Crippen molar-refractivity contribution >= 4 is 11.6 Å². The molecule has 0 aliphatic carbocycles. The van der Waals surface area contributed by atoms with Crippen LogP contribution in [0.25, 0.3) is 0 Å². The second-order valence-corrected chi connectivity index (χ2v) is 6.71. The molecule has 0 saturated heterocycles. The quantitative estimate of drug-likeness (QED) is 0.600. The first-order valence-corrected chi connectivity index (χ1v) is 8.98. The fraction of sp³-hybridized carbons (Fsp3) is 0.400. The summed E-state index contributed by atoms with van der Waals surface area (Å²) in [6.45, 7) is 3.48. The standard InChI is InChI=1S/C20H23ClF3NO2/c1-4-26-18-6-5-7-19(27-11-10-25(2)3)15(18)12-14-8-9-17(21)16(13-14)20(22,23)24/h5-9,13H,4,10-12H2,1-3H3. The number of hydrogen-bond acceptors (Lipinski definition) is 3. The van der Waals surface area contributed by atoms with E-state index in [0.717, 1.165) is 12.6 Å². The average molecular weight is 402 g/mol. The van der Waals surface area contributed by atoms with Crippen molar-refractivity contribution in [1.82, 2.24) is 4.90 Å². The average Bonchev–Trinajstić information content (AvgIpc) is 2.58. The van der Waals surface area contributed by atoms with Gasteiger partial charge in [0.25, 0.3) is 0 Å². The molecule has 0 N–H and O–H groups in total. The molecular weight excluding hydrogens is 379 g/mol. The van der Waals surface area contributed by atoms with Gasteiger partial charge < -0.3 is 14.4 Å². The molecule has 0 aliphatic rings. The molecule has 2 aromatic rings. The van der Waals surface area contributed by atoms with Crippen molar-refractivity contribution in [2.24, 2.45) is 0 Å². The van der Waals surface area contributed by atoms with E-state index in [1.807, 2.05) is 32.0 Å². The van der Waals surface area contributed by atoms with Crippen molar-refractivity contribution in [1.29, 1.82) is 0 Å². The molecule has 0 spiro atoms. The smallest absolute Gasteiger partial charge is 0.417 e. The van der Waals surface area contributed by atoms with Crippen LogP contribution in [0.3, 0.4) is 0 Å². The summed E-state index contributed by atoms with van der Waals surface area (Å²) >= 11 is 5.72. The molecule has 0 heterocycles. The molecule has 0 amide bonds. The normalized spacial score (nSPS) is 11.7. The Kier molecular flexibility index (Phi) is 7.39. The first-order valence-electron chi connectivity index (χ1n) is 8.60. The van der Waals surface area contributed by atoms with Gasteiger partial charge in [-0.2, -0.15) is 13.2 Å².